The summed E-state index contributed by atoms with van der Waals surface area (Å²) in [7, 11) is 0. The molecule has 0 atom stereocenters. The van der Waals surface area contributed by atoms with E-state index in [1.54, 1.807) is 0 Å². The second-order valence-corrected chi connectivity index (χ2v) is 8.91. The van der Waals surface area contributed by atoms with E-state index in [2.05, 4.69) is 49.0 Å². The van der Waals surface area contributed by atoms with Crippen LogP contribution in [0.2, 0.25) is 0 Å². The molecule has 3 aromatic rings. The number of benzene rings is 1. The summed E-state index contributed by atoms with van der Waals surface area (Å²) in [4.78, 5) is 45.8. The fraction of sp³-hybridized carbons (Fsp3) is 0.346. The van der Waals surface area contributed by atoms with E-state index in [9.17, 15) is 31.1 Å². The van der Waals surface area contributed by atoms with Crippen molar-refractivity contribution >= 4 is 17.6 Å². The first-order chi connectivity index (χ1) is 20.1. The summed E-state index contributed by atoms with van der Waals surface area (Å²) >= 11 is 0. The Hall–Kier alpha value is -4.51. The molecule has 0 bridgehead atoms. The minimum atomic E-state index is -5.08. The van der Waals surface area contributed by atoms with Crippen LogP contribution in [0.5, 0.6) is 0 Å². The topological polar surface area (TPSA) is 166 Å². The van der Waals surface area contributed by atoms with Gasteiger partial charge in [0.15, 0.2) is 0 Å². The van der Waals surface area contributed by atoms with Crippen molar-refractivity contribution in [3.63, 3.8) is 0 Å². The van der Waals surface area contributed by atoms with Gasteiger partial charge in [0, 0.05) is 69.0 Å². The largest absolute Gasteiger partial charge is 0.490 e. The molecule has 0 aliphatic carbocycles. The fourth-order valence-electron chi connectivity index (χ4n) is 3.72. The molecule has 0 amide bonds. The van der Waals surface area contributed by atoms with E-state index in [0.29, 0.717) is 11.5 Å². The summed E-state index contributed by atoms with van der Waals surface area (Å²) in [5, 5.41) is 14.2. The summed E-state index contributed by atoms with van der Waals surface area (Å²) in [6.45, 7) is 5.35. The van der Waals surface area contributed by atoms with Crippen molar-refractivity contribution in [1.29, 1.82) is 0 Å². The lowest BCUT2D eigenvalue weighted by Gasteiger charge is -2.23. The zero-order valence-electron chi connectivity index (χ0n) is 22.4. The van der Waals surface area contributed by atoms with Crippen LogP contribution >= 0.6 is 0 Å². The number of anilines is 1. The van der Waals surface area contributed by atoms with Gasteiger partial charge in [-0.25, -0.2) is 14.6 Å². The highest BCUT2D eigenvalue weighted by molar-refractivity contribution is 5.73. The number of H-pyrrole nitrogens is 1. The summed E-state index contributed by atoms with van der Waals surface area (Å²) < 4.78 is 63.5. The molecule has 1 aromatic carbocycles. The molecular weight excluding hydrogens is 590 g/mol. The Morgan fingerprint density at radius 3 is 1.95 bits per heavy atom. The highest BCUT2D eigenvalue weighted by atomic mass is 19.4. The molecule has 1 aliphatic heterocycles. The SMILES string of the molecule is NCc1cc(=O)[nH]c(-c2ccc(CN3CCCN(c4ccncc4)CC3)cc2)n1.O=C(O)C(F)(F)F.O=C(O)C(F)(F)F. The Labute approximate surface area is 240 Å². The molecule has 11 nitrogen and oxygen atoms in total. The van der Waals surface area contributed by atoms with Gasteiger partial charge in [-0.15, -0.1) is 0 Å². The zero-order chi connectivity index (χ0) is 32.2. The van der Waals surface area contributed by atoms with Gasteiger partial charge in [-0.3, -0.25) is 14.7 Å². The molecule has 5 N–H and O–H groups in total. The van der Waals surface area contributed by atoms with Crippen LogP contribution in [-0.4, -0.2) is 80.5 Å². The van der Waals surface area contributed by atoms with Gasteiger partial charge >= 0.3 is 24.3 Å². The number of carbonyl (C=O) groups is 2. The third-order valence-electron chi connectivity index (χ3n) is 5.74. The van der Waals surface area contributed by atoms with Crippen LogP contribution in [0.25, 0.3) is 11.4 Å². The third-order valence-corrected chi connectivity index (χ3v) is 5.74. The molecule has 1 aliphatic rings. The lowest BCUT2D eigenvalue weighted by molar-refractivity contribution is -0.193. The number of nitrogens with zero attached hydrogens (tertiary/aromatic N) is 4. The van der Waals surface area contributed by atoms with Gasteiger partial charge in [-0.1, -0.05) is 24.3 Å². The third kappa shape index (κ3) is 12.1. The van der Waals surface area contributed by atoms with Crippen LogP contribution in [0.15, 0.2) is 59.7 Å². The summed E-state index contributed by atoms with van der Waals surface area (Å²) in [5.74, 6) is -4.95. The van der Waals surface area contributed by atoms with E-state index in [1.807, 2.05) is 24.5 Å². The molecule has 1 fully saturated rings. The number of hydrogen-bond acceptors (Lipinski definition) is 8. The number of hydrogen-bond donors (Lipinski definition) is 4. The van der Waals surface area contributed by atoms with E-state index in [0.717, 1.165) is 44.7 Å². The van der Waals surface area contributed by atoms with Crippen LogP contribution < -0.4 is 16.2 Å². The zero-order valence-corrected chi connectivity index (χ0v) is 22.4. The normalized spacial score (nSPS) is 14.0. The van der Waals surface area contributed by atoms with E-state index in [4.69, 9.17) is 25.5 Å². The standard InChI is InChI=1S/C22H26N6O.2C2HF3O2/c23-15-19-14-21(29)26-22(25-19)18-4-2-17(3-5-18)16-27-10-1-11-28(13-12-27)20-6-8-24-9-7-20;2*3-2(4,5)1(6)7/h2-9,14H,1,10-13,15-16,23H2,(H,25,26,29);2*(H,6,7). The van der Waals surface area contributed by atoms with E-state index in [-0.39, 0.29) is 12.1 Å². The number of aromatic nitrogens is 3. The molecule has 43 heavy (non-hydrogen) atoms. The smallest absolute Gasteiger partial charge is 0.475 e. The van der Waals surface area contributed by atoms with Crippen molar-refractivity contribution in [3.05, 3.63) is 76.5 Å². The molecule has 0 spiro atoms. The van der Waals surface area contributed by atoms with Crippen molar-refractivity contribution in [3.8, 4) is 11.4 Å². The van der Waals surface area contributed by atoms with E-state index < -0.39 is 24.3 Å². The summed E-state index contributed by atoms with van der Waals surface area (Å²) in [6.07, 6.45) is -5.33. The molecule has 0 unspecified atom stereocenters. The number of alkyl halides is 6. The molecule has 0 saturated carbocycles. The van der Waals surface area contributed by atoms with Crippen LogP contribution in [0, 0.1) is 0 Å². The number of aliphatic carboxylic acids is 2. The van der Waals surface area contributed by atoms with E-state index in [1.165, 1.54) is 17.3 Å². The Bertz CT molecular complexity index is 1360. The van der Waals surface area contributed by atoms with Crippen LogP contribution in [0.1, 0.15) is 17.7 Å². The molecule has 234 valence electrons. The predicted molar refractivity (Wildman–Crippen MR) is 142 cm³/mol. The molecular formula is C26H28F6N6O5. The highest BCUT2D eigenvalue weighted by Gasteiger charge is 2.38. The van der Waals surface area contributed by atoms with Crippen molar-refractivity contribution in [2.24, 2.45) is 5.73 Å². The maximum absolute atomic E-state index is 11.8. The lowest BCUT2D eigenvalue weighted by atomic mass is 10.1. The molecule has 0 radical (unpaired) electrons. The number of nitrogens with one attached hydrogen (secondary N) is 1. The fourth-order valence-corrected chi connectivity index (χ4v) is 3.72. The number of pyridine rings is 1. The molecule has 17 heteroatoms. The lowest BCUT2D eigenvalue weighted by Crippen LogP contribution is -2.30. The molecule has 1 saturated heterocycles. The summed E-state index contributed by atoms with van der Waals surface area (Å²) in [6, 6.07) is 13.8. The predicted octanol–water partition coefficient (Wildman–Crippen LogP) is 3.27. The number of aromatic amines is 1. The Balaban J connectivity index is 0.000000384. The Kier molecular flexibility index (Phi) is 12.6. The number of carboxylic acid groups (broad SMARTS) is 2. The molecule has 4 rings (SSSR count). The number of nitrogens with two attached hydrogens (primary N) is 1. The van der Waals surface area contributed by atoms with Crippen molar-refractivity contribution in [1.82, 2.24) is 19.9 Å². The van der Waals surface area contributed by atoms with Crippen LogP contribution in [-0.2, 0) is 22.7 Å². The van der Waals surface area contributed by atoms with Crippen molar-refractivity contribution in [2.75, 3.05) is 31.1 Å². The van der Waals surface area contributed by atoms with Crippen LogP contribution in [0.3, 0.4) is 0 Å². The van der Waals surface area contributed by atoms with Gasteiger partial charge in [0.2, 0.25) is 0 Å². The van der Waals surface area contributed by atoms with Gasteiger partial charge in [-0.2, -0.15) is 26.3 Å². The van der Waals surface area contributed by atoms with Gasteiger partial charge in [-0.05, 0) is 24.1 Å². The summed E-state index contributed by atoms with van der Waals surface area (Å²) in [5.41, 5.74) is 9.43. The average Bonchev–Trinajstić information content (AvgIpc) is 3.19. The van der Waals surface area contributed by atoms with Gasteiger partial charge in [0.1, 0.15) is 5.82 Å². The number of carboxylic acids is 2. The maximum Gasteiger partial charge on any atom is 0.490 e. The van der Waals surface area contributed by atoms with Crippen LogP contribution in [0.4, 0.5) is 32.0 Å². The highest BCUT2D eigenvalue weighted by Crippen LogP contribution is 2.19. The van der Waals surface area contributed by atoms with Gasteiger partial charge in [0.25, 0.3) is 5.56 Å². The average molecular weight is 619 g/mol. The van der Waals surface area contributed by atoms with Gasteiger partial charge < -0.3 is 25.8 Å². The number of rotatable bonds is 5. The Morgan fingerprint density at radius 1 is 0.884 bits per heavy atom. The quantitative estimate of drug-likeness (QED) is 0.312. The second-order valence-electron chi connectivity index (χ2n) is 8.91. The van der Waals surface area contributed by atoms with Crippen molar-refractivity contribution < 1.29 is 46.1 Å². The van der Waals surface area contributed by atoms with E-state index >= 15 is 0 Å². The first-order valence-electron chi connectivity index (χ1n) is 12.5. The van der Waals surface area contributed by atoms with Crippen molar-refractivity contribution in [2.45, 2.75) is 31.9 Å². The van der Waals surface area contributed by atoms with Gasteiger partial charge in [0.05, 0.1) is 5.69 Å². The minimum Gasteiger partial charge on any atom is -0.475 e. The molecule has 3 heterocycles. The second kappa shape index (κ2) is 15.6. The minimum absolute atomic E-state index is 0.178. The number of halogens is 6. The first kappa shape index (κ1) is 34.7. The monoisotopic (exact) mass is 618 g/mol. The maximum atomic E-state index is 11.8. The molecule has 2 aromatic heterocycles. The Morgan fingerprint density at radius 2 is 1.44 bits per heavy atom. The first-order valence-corrected chi connectivity index (χ1v) is 12.5.